The van der Waals surface area contributed by atoms with Crippen LogP contribution in [0.5, 0.6) is 0 Å². The SMILES string of the molecule is CC(C)(C)n1ccnc(NCc2ccc(CO)cc2)c1=O. The van der Waals surface area contributed by atoms with E-state index < -0.39 is 0 Å². The zero-order valence-corrected chi connectivity index (χ0v) is 12.6. The van der Waals surface area contributed by atoms with E-state index in [0.29, 0.717) is 12.4 Å². The molecule has 0 saturated carbocycles. The summed E-state index contributed by atoms with van der Waals surface area (Å²) in [5, 5.41) is 12.1. The van der Waals surface area contributed by atoms with Crippen LogP contribution in [0.1, 0.15) is 31.9 Å². The summed E-state index contributed by atoms with van der Waals surface area (Å²) in [7, 11) is 0. The lowest BCUT2D eigenvalue weighted by Gasteiger charge is -2.22. The lowest BCUT2D eigenvalue weighted by molar-refractivity contribution is 0.282. The van der Waals surface area contributed by atoms with Crippen LogP contribution in [0.2, 0.25) is 0 Å². The number of rotatable bonds is 4. The Kier molecular flexibility index (Phi) is 4.43. The van der Waals surface area contributed by atoms with Crippen LogP contribution in [0.25, 0.3) is 0 Å². The molecule has 5 nitrogen and oxygen atoms in total. The number of hydrogen-bond acceptors (Lipinski definition) is 4. The van der Waals surface area contributed by atoms with Gasteiger partial charge in [-0.05, 0) is 31.9 Å². The summed E-state index contributed by atoms with van der Waals surface area (Å²) in [5.41, 5.74) is 1.49. The Morgan fingerprint density at radius 3 is 2.38 bits per heavy atom. The van der Waals surface area contributed by atoms with Gasteiger partial charge in [-0.15, -0.1) is 0 Å². The third kappa shape index (κ3) is 3.70. The van der Waals surface area contributed by atoms with Gasteiger partial charge in [-0.1, -0.05) is 24.3 Å². The first-order chi connectivity index (χ1) is 9.91. The van der Waals surface area contributed by atoms with E-state index in [0.717, 1.165) is 11.1 Å². The van der Waals surface area contributed by atoms with Crippen LogP contribution in [0, 0.1) is 0 Å². The Bertz CT molecular complexity index is 654. The third-order valence-corrected chi connectivity index (χ3v) is 3.23. The van der Waals surface area contributed by atoms with Crippen molar-refractivity contribution in [3.8, 4) is 0 Å². The molecule has 0 saturated heterocycles. The second-order valence-corrected chi connectivity index (χ2v) is 5.95. The fraction of sp³-hybridized carbons (Fsp3) is 0.375. The summed E-state index contributed by atoms with van der Waals surface area (Å²) < 4.78 is 1.66. The van der Waals surface area contributed by atoms with Crippen molar-refractivity contribution in [1.29, 1.82) is 0 Å². The monoisotopic (exact) mass is 287 g/mol. The summed E-state index contributed by atoms with van der Waals surface area (Å²) in [4.78, 5) is 16.5. The second kappa shape index (κ2) is 6.10. The molecule has 1 aromatic carbocycles. The lowest BCUT2D eigenvalue weighted by Crippen LogP contribution is -2.35. The van der Waals surface area contributed by atoms with Gasteiger partial charge in [0.1, 0.15) is 0 Å². The summed E-state index contributed by atoms with van der Waals surface area (Å²) >= 11 is 0. The van der Waals surface area contributed by atoms with Crippen molar-refractivity contribution in [3.05, 3.63) is 58.1 Å². The van der Waals surface area contributed by atoms with Crippen molar-refractivity contribution < 1.29 is 5.11 Å². The normalized spacial score (nSPS) is 11.4. The van der Waals surface area contributed by atoms with E-state index in [2.05, 4.69) is 10.3 Å². The minimum absolute atomic E-state index is 0.0320. The molecule has 1 aromatic heterocycles. The Morgan fingerprint density at radius 2 is 1.81 bits per heavy atom. The van der Waals surface area contributed by atoms with Crippen LogP contribution in [-0.2, 0) is 18.7 Å². The summed E-state index contributed by atoms with van der Waals surface area (Å²) in [5.74, 6) is 0.346. The van der Waals surface area contributed by atoms with Gasteiger partial charge in [-0.3, -0.25) is 4.79 Å². The highest BCUT2D eigenvalue weighted by Crippen LogP contribution is 2.11. The van der Waals surface area contributed by atoms with Gasteiger partial charge in [0.25, 0.3) is 5.56 Å². The van der Waals surface area contributed by atoms with Crippen LogP contribution < -0.4 is 10.9 Å². The molecular weight excluding hydrogens is 266 g/mol. The number of anilines is 1. The maximum atomic E-state index is 12.3. The van der Waals surface area contributed by atoms with Crippen LogP contribution in [0.15, 0.2) is 41.5 Å². The van der Waals surface area contributed by atoms with E-state index in [4.69, 9.17) is 5.11 Å². The van der Waals surface area contributed by atoms with E-state index in [9.17, 15) is 4.79 Å². The highest BCUT2D eigenvalue weighted by atomic mass is 16.3. The molecule has 0 aliphatic rings. The predicted octanol–water partition coefficient (Wildman–Crippen LogP) is 2.10. The number of aliphatic hydroxyl groups is 1. The Morgan fingerprint density at radius 1 is 1.19 bits per heavy atom. The molecule has 0 bridgehead atoms. The molecule has 0 aliphatic carbocycles. The standard InChI is InChI=1S/C16H21N3O2/c1-16(2,3)19-9-8-17-14(15(19)21)18-10-12-4-6-13(11-20)7-5-12/h4-9,20H,10-11H2,1-3H3,(H,17,18). The zero-order chi connectivity index (χ0) is 15.5. The van der Waals surface area contributed by atoms with Crippen LogP contribution in [-0.4, -0.2) is 14.7 Å². The van der Waals surface area contributed by atoms with Gasteiger partial charge in [-0.2, -0.15) is 0 Å². The molecule has 2 rings (SSSR count). The molecule has 21 heavy (non-hydrogen) atoms. The smallest absolute Gasteiger partial charge is 0.293 e. The first-order valence-electron chi connectivity index (χ1n) is 6.92. The number of hydrogen-bond donors (Lipinski definition) is 2. The molecule has 0 unspecified atom stereocenters. The molecule has 1 heterocycles. The fourth-order valence-corrected chi connectivity index (χ4v) is 2.01. The third-order valence-electron chi connectivity index (χ3n) is 3.23. The van der Waals surface area contributed by atoms with Crippen molar-refractivity contribution in [1.82, 2.24) is 9.55 Å². The van der Waals surface area contributed by atoms with E-state index in [1.807, 2.05) is 45.0 Å². The quantitative estimate of drug-likeness (QED) is 0.903. The Hall–Kier alpha value is -2.14. The van der Waals surface area contributed by atoms with Crippen molar-refractivity contribution in [2.75, 3.05) is 5.32 Å². The zero-order valence-electron chi connectivity index (χ0n) is 12.6. The first kappa shape index (κ1) is 15.3. The largest absolute Gasteiger partial charge is 0.392 e. The molecule has 0 fully saturated rings. The number of nitrogens with one attached hydrogen (secondary N) is 1. The van der Waals surface area contributed by atoms with Crippen LogP contribution in [0.4, 0.5) is 5.82 Å². The van der Waals surface area contributed by atoms with E-state index in [1.165, 1.54) is 0 Å². The van der Waals surface area contributed by atoms with Gasteiger partial charge in [-0.25, -0.2) is 4.98 Å². The Balaban J connectivity index is 2.15. The molecule has 5 heteroatoms. The van der Waals surface area contributed by atoms with Crippen molar-refractivity contribution in [3.63, 3.8) is 0 Å². The van der Waals surface area contributed by atoms with E-state index >= 15 is 0 Å². The number of aliphatic hydroxyl groups excluding tert-OH is 1. The van der Waals surface area contributed by atoms with E-state index in [-0.39, 0.29) is 17.7 Å². The highest BCUT2D eigenvalue weighted by Gasteiger charge is 2.16. The van der Waals surface area contributed by atoms with Gasteiger partial charge in [0, 0.05) is 24.5 Å². The minimum Gasteiger partial charge on any atom is -0.392 e. The van der Waals surface area contributed by atoms with Crippen molar-refractivity contribution in [2.24, 2.45) is 0 Å². The topological polar surface area (TPSA) is 67.2 Å². The average molecular weight is 287 g/mol. The summed E-state index contributed by atoms with van der Waals surface area (Å²) in [6.07, 6.45) is 3.33. The highest BCUT2D eigenvalue weighted by molar-refractivity contribution is 5.33. The van der Waals surface area contributed by atoms with Gasteiger partial charge in [0.05, 0.1) is 6.61 Å². The van der Waals surface area contributed by atoms with Crippen molar-refractivity contribution in [2.45, 2.75) is 39.5 Å². The van der Waals surface area contributed by atoms with Crippen LogP contribution in [0.3, 0.4) is 0 Å². The average Bonchev–Trinajstić information content (AvgIpc) is 2.45. The molecule has 2 aromatic rings. The molecule has 0 atom stereocenters. The predicted molar refractivity (Wildman–Crippen MR) is 83.2 cm³/mol. The van der Waals surface area contributed by atoms with Gasteiger partial charge >= 0.3 is 0 Å². The van der Waals surface area contributed by atoms with Gasteiger partial charge in [0.2, 0.25) is 0 Å². The number of benzene rings is 1. The molecular formula is C16H21N3O2. The fourth-order valence-electron chi connectivity index (χ4n) is 2.01. The molecule has 0 spiro atoms. The minimum atomic E-state index is -0.279. The second-order valence-electron chi connectivity index (χ2n) is 5.95. The summed E-state index contributed by atoms with van der Waals surface area (Å²) in [6, 6.07) is 7.57. The van der Waals surface area contributed by atoms with E-state index in [1.54, 1.807) is 17.0 Å². The molecule has 0 aliphatic heterocycles. The molecule has 2 N–H and O–H groups in total. The lowest BCUT2D eigenvalue weighted by atomic mass is 10.1. The number of aromatic nitrogens is 2. The first-order valence-corrected chi connectivity index (χ1v) is 6.92. The van der Waals surface area contributed by atoms with Crippen LogP contribution >= 0.6 is 0 Å². The Labute approximate surface area is 124 Å². The van der Waals surface area contributed by atoms with Gasteiger partial charge in [0.15, 0.2) is 5.82 Å². The molecule has 112 valence electrons. The number of nitrogens with zero attached hydrogens (tertiary/aromatic N) is 2. The van der Waals surface area contributed by atoms with Gasteiger partial charge < -0.3 is 15.0 Å². The maximum Gasteiger partial charge on any atom is 0.293 e. The van der Waals surface area contributed by atoms with Crippen molar-refractivity contribution >= 4 is 5.82 Å². The summed E-state index contributed by atoms with van der Waals surface area (Å²) in [6.45, 7) is 6.48. The molecule has 0 radical (unpaired) electrons. The molecule has 0 amide bonds. The maximum absolute atomic E-state index is 12.3.